The molecular formula is C16H25N3OS. The molecule has 4 nitrogen and oxygen atoms in total. The highest BCUT2D eigenvalue weighted by molar-refractivity contribution is 7.08. The smallest absolute Gasteiger partial charge is 0.228 e. The van der Waals surface area contributed by atoms with Crippen LogP contribution in [-0.4, -0.2) is 22.7 Å². The van der Waals surface area contributed by atoms with E-state index in [2.05, 4.69) is 53.9 Å². The van der Waals surface area contributed by atoms with E-state index in [0.29, 0.717) is 17.8 Å². The predicted octanol–water partition coefficient (Wildman–Crippen LogP) is 4.06. The number of hydrogen-bond acceptors (Lipinski definition) is 5. The molecule has 0 radical (unpaired) electrons. The molecule has 2 heterocycles. The predicted molar refractivity (Wildman–Crippen MR) is 87.6 cm³/mol. The van der Waals surface area contributed by atoms with E-state index in [1.165, 1.54) is 5.56 Å². The van der Waals surface area contributed by atoms with Crippen LogP contribution in [0, 0.1) is 12.8 Å². The Morgan fingerprint density at radius 3 is 2.76 bits per heavy atom. The van der Waals surface area contributed by atoms with Gasteiger partial charge in [-0.3, -0.25) is 0 Å². The fourth-order valence-corrected chi connectivity index (χ4v) is 3.23. The van der Waals surface area contributed by atoms with Crippen LogP contribution in [0.3, 0.4) is 0 Å². The first-order valence-corrected chi connectivity index (χ1v) is 8.63. The van der Waals surface area contributed by atoms with Crippen LogP contribution >= 0.6 is 11.3 Å². The van der Waals surface area contributed by atoms with Crippen molar-refractivity contribution in [3.63, 3.8) is 0 Å². The average molecular weight is 307 g/mol. The molecule has 5 heteroatoms. The molecule has 0 aliphatic rings. The zero-order valence-corrected chi connectivity index (χ0v) is 14.2. The van der Waals surface area contributed by atoms with Gasteiger partial charge in [0.1, 0.15) is 0 Å². The van der Waals surface area contributed by atoms with Crippen LogP contribution in [-0.2, 0) is 6.42 Å². The Morgan fingerprint density at radius 2 is 2.14 bits per heavy atom. The third-order valence-corrected chi connectivity index (χ3v) is 4.29. The second kappa shape index (κ2) is 7.71. The van der Waals surface area contributed by atoms with Crippen LogP contribution in [0.4, 0.5) is 0 Å². The molecule has 0 aromatic carbocycles. The molecule has 2 aromatic heterocycles. The molecule has 1 unspecified atom stereocenters. The summed E-state index contributed by atoms with van der Waals surface area (Å²) < 4.78 is 5.44. The average Bonchev–Trinajstić information content (AvgIpc) is 3.04. The van der Waals surface area contributed by atoms with Crippen LogP contribution < -0.4 is 5.32 Å². The van der Waals surface area contributed by atoms with E-state index < -0.39 is 0 Å². The molecule has 2 rings (SSSR count). The van der Waals surface area contributed by atoms with Gasteiger partial charge in [0.05, 0.1) is 0 Å². The lowest BCUT2D eigenvalue weighted by molar-refractivity contribution is 0.338. The zero-order valence-electron chi connectivity index (χ0n) is 13.3. The van der Waals surface area contributed by atoms with Crippen LogP contribution in [0.5, 0.6) is 0 Å². The van der Waals surface area contributed by atoms with Gasteiger partial charge in [-0.1, -0.05) is 25.9 Å². The number of thiophene rings is 1. The van der Waals surface area contributed by atoms with Crippen LogP contribution in [0.2, 0.25) is 0 Å². The molecule has 1 N–H and O–H groups in total. The van der Waals surface area contributed by atoms with Crippen molar-refractivity contribution < 1.29 is 4.52 Å². The highest BCUT2D eigenvalue weighted by Crippen LogP contribution is 2.24. The molecule has 0 bridgehead atoms. The van der Waals surface area contributed by atoms with Crippen molar-refractivity contribution in [3.05, 3.63) is 22.2 Å². The topological polar surface area (TPSA) is 51.0 Å². The van der Waals surface area contributed by atoms with Gasteiger partial charge in [0.2, 0.25) is 11.7 Å². The van der Waals surface area contributed by atoms with Crippen LogP contribution in [0.1, 0.15) is 45.1 Å². The largest absolute Gasteiger partial charge is 0.339 e. The molecule has 0 saturated heterocycles. The van der Waals surface area contributed by atoms with E-state index in [1.807, 2.05) is 0 Å². The molecule has 21 heavy (non-hydrogen) atoms. The van der Waals surface area contributed by atoms with Crippen molar-refractivity contribution in [1.82, 2.24) is 15.5 Å². The van der Waals surface area contributed by atoms with E-state index in [4.69, 9.17) is 4.52 Å². The van der Waals surface area contributed by atoms with Gasteiger partial charge in [0.25, 0.3) is 0 Å². The third kappa shape index (κ3) is 4.64. The van der Waals surface area contributed by atoms with Crippen LogP contribution in [0.15, 0.2) is 15.3 Å². The second-order valence-electron chi connectivity index (χ2n) is 5.96. The third-order valence-electron chi connectivity index (χ3n) is 3.42. The summed E-state index contributed by atoms with van der Waals surface area (Å²) in [5.74, 6) is 2.09. The van der Waals surface area contributed by atoms with Gasteiger partial charge < -0.3 is 9.84 Å². The number of rotatable bonds is 8. The Hall–Kier alpha value is -1.20. The molecule has 0 aliphatic carbocycles. The molecule has 1 atom stereocenters. The normalized spacial score (nSPS) is 13.0. The Labute approximate surface area is 131 Å². The minimum absolute atomic E-state index is 0.404. The summed E-state index contributed by atoms with van der Waals surface area (Å²) in [5, 5.41) is 11.9. The lowest BCUT2D eigenvalue weighted by atomic mass is 10.0. The summed E-state index contributed by atoms with van der Waals surface area (Å²) in [5.41, 5.74) is 2.28. The molecule has 2 aromatic rings. The van der Waals surface area contributed by atoms with Crippen molar-refractivity contribution in [1.29, 1.82) is 0 Å². The zero-order chi connectivity index (χ0) is 15.2. The number of nitrogens with zero attached hydrogens (tertiary/aromatic N) is 2. The summed E-state index contributed by atoms with van der Waals surface area (Å²) in [4.78, 5) is 4.56. The summed E-state index contributed by atoms with van der Waals surface area (Å²) in [6.07, 6.45) is 3.06. The summed E-state index contributed by atoms with van der Waals surface area (Å²) >= 11 is 1.67. The minimum Gasteiger partial charge on any atom is -0.339 e. The maximum atomic E-state index is 5.44. The maximum Gasteiger partial charge on any atom is 0.228 e. The van der Waals surface area contributed by atoms with Crippen LogP contribution in [0.25, 0.3) is 11.4 Å². The highest BCUT2D eigenvalue weighted by Gasteiger charge is 2.17. The fraction of sp³-hybridized carbons (Fsp3) is 0.625. The maximum absolute atomic E-state index is 5.44. The molecule has 0 amide bonds. The van der Waals surface area contributed by atoms with E-state index in [-0.39, 0.29) is 0 Å². The van der Waals surface area contributed by atoms with E-state index in [1.54, 1.807) is 11.3 Å². The monoisotopic (exact) mass is 307 g/mol. The minimum atomic E-state index is 0.404. The first-order valence-electron chi connectivity index (χ1n) is 7.69. The molecular weight excluding hydrogens is 282 g/mol. The van der Waals surface area contributed by atoms with Gasteiger partial charge in [0.15, 0.2) is 0 Å². The van der Waals surface area contributed by atoms with Gasteiger partial charge in [0, 0.05) is 23.4 Å². The molecule has 0 spiro atoms. The first-order chi connectivity index (χ1) is 10.1. The molecule has 0 saturated carbocycles. The SMILES string of the molecule is CCCNC(Cc1nc(-c2cscc2C)no1)CC(C)C. The lowest BCUT2D eigenvalue weighted by Crippen LogP contribution is -2.33. The summed E-state index contributed by atoms with van der Waals surface area (Å²) in [6, 6.07) is 0.404. The second-order valence-corrected chi connectivity index (χ2v) is 6.71. The molecule has 0 aliphatic heterocycles. The Morgan fingerprint density at radius 1 is 1.33 bits per heavy atom. The van der Waals surface area contributed by atoms with Gasteiger partial charge in [-0.25, -0.2) is 0 Å². The van der Waals surface area contributed by atoms with E-state index in [9.17, 15) is 0 Å². The number of aryl methyl sites for hydroxylation is 1. The van der Waals surface area contributed by atoms with Gasteiger partial charge in [-0.2, -0.15) is 16.3 Å². The quantitative estimate of drug-likeness (QED) is 0.799. The van der Waals surface area contributed by atoms with E-state index in [0.717, 1.165) is 37.3 Å². The first kappa shape index (κ1) is 16.2. The standard InChI is InChI=1S/C16H25N3OS/c1-5-6-17-13(7-11(2)3)8-15-18-16(19-20-15)14-10-21-9-12(14)4/h9-11,13,17H,5-8H2,1-4H3. The van der Waals surface area contributed by atoms with Gasteiger partial charge in [-0.05, 0) is 43.2 Å². The number of hydrogen-bond donors (Lipinski definition) is 1. The van der Waals surface area contributed by atoms with E-state index >= 15 is 0 Å². The van der Waals surface area contributed by atoms with Crippen molar-refractivity contribution >= 4 is 11.3 Å². The van der Waals surface area contributed by atoms with Crippen molar-refractivity contribution in [2.45, 2.75) is 53.0 Å². The van der Waals surface area contributed by atoms with Crippen molar-refractivity contribution in [2.75, 3.05) is 6.54 Å². The lowest BCUT2D eigenvalue weighted by Gasteiger charge is -2.18. The van der Waals surface area contributed by atoms with Gasteiger partial charge in [-0.15, -0.1) is 0 Å². The Bertz CT molecular complexity index is 547. The Kier molecular flexibility index (Phi) is 5.94. The Balaban J connectivity index is 2.04. The van der Waals surface area contributed by atoms with Gasteiger partial charge >= 0.3 is 0 Å². The molecule has 116 valence electrons. The number of aromatic nitrogens is 2. The summed E-state index contributed by atoms with van der Waals surface area (Å²) in [6.45, 7) is 9.78. The van der Waals surface area contributed by atoms with Crippen molar-refractivity contribution in [3.8, 4) is 11.4 Å². The molecule has 0 fully saturated rings. The highest BCUT2D eigenvalue weighted by atomic mass is 32.1. The summed E-state index contributed by atoms with van der Waals surface area (Å²) in [7, 11) is 0. The fourth-order valence-electron chi connectivity index (χ4n) is 2.40. The number of nitrogens with one attached hydrogen (secondary N) is 1. The van der Waals surface area contributed by atoms with Crippen molar-refractivity contribution in [2.24, 2.45) is 5.92 Å².